The van der Waals surface area contributed by atoms with Gasteiger partial charge in [0.1, 0.15) is 0 Å². The summed E-state index contributed by atoms with van der Waals surface area (Å²) in [5, 5.41) is 14.0. The van der Waals surface area contributed by atoms with Gasteiger partial charge in [-0.25, -0.2) is 4.68 Å². The largest absolute Gasteiger partial charge is 0.347 e. The average molecular weight is 291 g/mol. The standard InChI is InChI=1S/C11H11ClN8/c1-7(8-5-13-14-6-8)16-10-17-9(12)18-11(19-10)20-4-2-3-15-20/h2-7H,1H3,(H,13,14)(H,16,17,18,19). The Balaban J connectivity index is 1.87. The molecule has 1 unspecified atom stereocenters. The van der Waals surface area contributed by atoms with Crippen molar-refractivity contribution in [2.24, 2.45) is 0 Å². The summed E-state index contributed by atoms with van der Waals surface area (Å²) in [6.45, 7) is 1.97. The highest BCUT2D eigenvalue weighted by atomic mass is 35.5. The first kappa shape index (κ1) is 12.5. The molecule has 0 saturated carbocycles. The van der Waals surface area contributed by atoms with Crippen LogP contribution in [0.15, 0.2) is 30.9 Å². The Hall–Kier alpha value is -2.48. The smallest absolute Gasteiger partial charge is 0.256 e. The number of halogens is 1. The lowest BCUT2D eigenvalue weighted by Gasteiger charge is -2.12. The summed E-state index contributed by atoms with van der Waals surface area (Å²) in [5.74, 6) is 0.737. The normalized spacial score (nSPS) is 12.3. The zero-order valence-corrected chi connectivity index (χ0v) is 11.3. The van der Waals surface area contributed by atoms with E-state index in [2.05, 4.69) is 35.6 Å². The Morgan fingerprint density at radius 1 is 1.35 bits per heavy atom. The van der Waals surface area contributed by atoms with Crippen molar-refractivity contribution in [1.82, 2.24) is 34.9 Å². The highest BCUT2D eigenvalue weighted by Crippen LogP contribution is 2.16. The summed E-state index contributed by atoms with van der Waals surface area (Å²) in [5.41, 5.74) is 0.988. The number of nitrogens with one attached hydrogen (secondary N) is 2. The number of aromatic amines is 1. The van der Waals surface area contributed by atoms with Crippen LogP contribution in [-0.2, 0) is 0 Å². The van der Waals surface area contributed by atoms with E-state index in [1.54, 1.807) is 30.9 Å². The third kappa shape index (κ3) is 2.59. The number of rotatable bonds is 4. The van der Waals surface area contributed by atoms with Crippen LogP contribution in [0, 0.1) is 0 Å². The molecule has 0 aliphatic heterocycles. The van der Waals surface area contributed by atoms with Gasteiger partial charge in [0.15, 0.2) is 0 Å². The van der Waals surface area contributed by atoms with Crippen LogP contribution in [0.3, 0.4) is 0 Å². The minimum Gasteiger partial charge on any atom is -0.347 e. The van der Waals surface area contributed by atoms with Gasteiger partial charge >= 0.3 is 0 Å². The topological polar surface area (TPSA) is 97.2 Å². The summed E-state index contributed by atoms with van der Waals surface area (Å²) >= 11 is 5.91. The van der Waals surface area contributed by atoms with E-state index < -0.39 is 0 Å². The quantitative estimate of drug-likeness (QED) is 0.757. The second-order valence-corrected chi connectivity index (χ2v) is 4.41. The third-order valence-electron chi connectivity index (χ3n) is 2.67. The third-order valence-corrected chi connectivity index (χ3v) is 2.84. The first-order chi connectivity index (χ1) is 9.72. The first-order valence-electron chi connectivity index (χ1n) is 5.89. The Morgan fingerprint density at radius 3 is 2.95 bits per heavy atom. The summed E-state index contributed by atoms with van der Waals surface area (Å²) in [7, 11) is 0. The molecular formula is C11H11ClN8. The van der Waals surface area contributed by atoms with Gasteiger partial charge in [0, 0.05) is 24.2 Å². The van der Waals surface area contributed by atoms with Crippen molar-refractivity contribution in [3.63, 3.8) is 0 Å². The van der Waals surface area contributed by atoms with Gasteiger partial charge in [0.05, 0.1) is 12.2 Å². The molecule has 0 radical (unpaired) electrons. The monoisotopic (exact) mass is 290 g/mol. The van der Waals surface area contributed by atoms with Gasteiger partial charge in [-0.15, -0.1) is 0 Å². The lowest BCUT2D eigenvalue weighted by molar-refractivity contribution is 0.783. The molecule has 3 rings (SSSR count). The minimum atomic E-state index is -0.0160. The molecule has 20 heavy (non-hydrogen) atoms. The van der Waals surface area contributed by atoms with Crippen LogP contribution in [0.2, 0.25) is 5.28 Å². The fourth-order valence-electron chi connectivity index (χ4n) is 1.67. The maximum Gasteiger partial charge on any atom is 0.256 e. The molecule has 3 aromatic rings. The molecule has 3 heterocycles. The van der Waals surface area contributed by atoms with E-state index in [9.17, 15) is 0 Å². The van der Waals surface area contributed by atoms with E-state index in [0.717, 1.165) is 5.56 Å². The Morgan fingerprint density at radius 2 is 2.25 bits per heavy atom. The molecule has 3 aromatic heterocycles. The highest BCUT2D eigenvalue weighted by molar-refractivity contribution is 6.28. The van der Waals surface area contributed by atoms with Crippen LogP contribution in [-0.4, -0.2) is 34.9 Å². The average Bonchev–Trinajstić information content (AvgIpc) is 3.12. The molecule has 1 atom stereocenters. The lowest BCUT2D eigenvalue weighted by Crippen LogP contribution is -2.12. The molecule has 0 aromatic carbocycles. The summed E-state index contributed by atoms with van der Waals surface area (Å²) < 4.78 is 1.52. The second kappa shape index (κ2) is 5.25. The minimum absolute atomic E-state index is 0.0160. The molecule has 0 aliphatic carbocycles. The van der Waals surface area contributed by atoms with E-state index in [1.807, 2.05) is 6.92 Å². The fraction of sp³-hybridized carbons (Fsp3) is 0.182. The van der Waals surface area contributed by atoms with E-state index in [4.69, 9.17) is 11.6 Å². The van der Waals surface area contributed by atoms with Crippen molar-refractivity contribution in [3.8, 4) is 5.95 Å². The van der Waals surface area contributed by atoms with Crippen LogP contribution in [0.25, 0.3) is 5.95 Å². The molecule has 0 spiro atoms. The van der Waals surface area contributed by atoms with Crippen LogP contribution in [0.5, 0.6) is 0 Å². The maximum atomic E-state index is 5.91. The second-order valence-electron chi connectivity index (χ2n) is 4.08. The Bertz CT molecular complexity index is 679. The fourth-order valence-corrected chi connectivity index (χ4v) is 1.82. The van der Waals surface area contributed by atoms with Crippen LogP contribution >= 0.6 is 11.6 Å². The lowest BCUT2D eigenvalue weighted by atomic mass is 10.2. The molecule has 0 fully saturated rings. The SMILES string of the molecule is CC(Nc1nc(Cl)nc(-n2cccn2)n1)c1cn[nH]c1. The zero-order chi connectivity index (χ0) is 13.9. The van der Waals surface area contributed by atoms with Gasteiger partial charge in [0.2, 0.25) is 11.2 Å². The molecule has 0 amide bonds. The van der Waals surface area contributed by atoms with Crippen molar-refractivity contribution in [2.75, 3.05) is 5.32 Å². The van der Waals surface area contributed by atoms with Crippen molar-refractivity contribution < 1.29 is 0 Å². The molecule has 2 N–H and O–H groups in total. The molecule has 0 bridgehead atoms. The predicted octanol–water partition coefficient (Wildman–Crippen LogP) is 1.61. The number of nitrogens with zero attached hydrogens (tertiary/aromatic N) is 6. The van der Waals surface area contributed by atoms with E-state index in [0.29, 0.717) is 11.9 Å². The van der Waals surface area contributed by atoms with E-state index in [-0.39, 0.29) is 11.3 Å². The van der Waals surface area contributed by atoms with Gasteiger partial charge in [-0.2, -0.15) is 25.1 Å². The Kier molecular flexibility index (Phi) is 3.30. The molecule has 0 aliphatic rings. The molecule has 9 heteroatoms. The van der Waals surface area contributed by atoms with Crippen LogP contribution in [0.1, 0.15) is 18.5 Å². The molecule has 0 saturated heterocycles. The van der Waals surface area contributed by atoms with Gasteiger partial charge in [-0.1, -0.05) is 0 Å². The summed E-state index contributed by atoms with van der Waals surface area (Å²) in [6, 6.07) is 1.76. The van der Waals surface area contributed by atoms with Gasteiger partial charge < -0.3 is 5.32 Å². The highest BCUT2D eigenvalue weighted by Gasteiger charge is 2.11. The molecule has 8 nitrogen and oxygen atoms in total. The first-order valence-corrected chi connectivity index (χ1v) is 6.27. The predicted molar refractivity (Wildman–Crippen MR) is 72.6 cm³/mol. The van der Waals surface area contributed by atoms with Crippen LogP contribution < -0.4 is 5.32 Å². The van der Waals surface area contributed by atoms with Crippen LogP contribution in [0.4, 0.5) is 5.95 Å². The van der Waals surface area contributed by atoms with E-state index >= 15 is 0 Å². The summed E-state index contributed by atoms with van der Waals surface area (Å²) in [6.07, 6.45) is 6.90. The van der Waals surface area contributed by atoms with Gasteiger partial charge in [-0.3, -0.25) is 5.10 Å². The number of aromatic nitrogens is 7. The zero-order valence-electron chi connectivity index (χ0n) is 10.5. The maximum absolute atomic E-state index is 5.91. The Labute approximate surface area is 119 Å². The summed E-state index contributed by atoms with van der Waals surface area (Å²) in [4.78, 5) is 12.4. The number of hydrogen-bond acceptors (Lipinski definition) is 6. The van der Waals surface area contributed by atoms with Crippen molar-refractivity contribution >= 4 is 17.5 Å². The van der Waals surface area contributed by atoms with Gasteiger partial charge in [0.25, 0.3) is 5.95 Å². The van der Waals surface area contributed by atoms with Gasteiger partial charge in [-0.05, 0) is 24.6 Å². The van der Waals surface area contributed by atoms with Crippen molar-refractivity contribution in [3.05, 3.63) is 41.7 Å². The number of anilines is 1. The van der Waals surface area contributed by atoms with Crippen molar-refractivity contribution in [1.29, 1.82) is 0 Å². The molecular weight excluding hydrogens is 280 g/mol. The number of H-pyrrole nitrogens is 1. The van der Waals surface area contributed by atoms with Crippen molar-refractivity contribution in [2.45, 2.75) is 13.0 Å². The molecule has 102 valence electrons. The van der Waals surface area contributed by atoms with E-state index in [1.165, 1.54) is 4.68 Å². The number of hydrogen-bond donors (Lipinski definition) is 2.